The average Bonchev–Trinajstić information content (AvgIpc) is 2.03. The molecule has 0 amide bonds. The lowest BCUT2D eigenvalue weighted by atomic mass is 10.1. The number of halogens is 1. The molecule has 0 saturated carbocycles. The maximum absolute atomic E-state index is 10.5. The van der Waals surface area contributed by atoms with Crippen molar-refractivity contribution < 1.29 is 4.79 Å². The summed E-state index contributed by atoms with van der Waals surface area (Å²) in [5.74, 6) is 0. The van der Waals surface area contributed by atoms with Gasteiger partial charge in [0.25, 0.3) is 0 Å². The van der Waals surface area contributed by atoms with Crippen LogP contribution in [0.3, 0.4) is 0 Å². The monoisotopic (exact) mass is 183 g/mol. The van der Waals surface area contributed by atoms with Crippen molar-refractivity contribution in [2.75, 3.05) is 0 Å². The van der Waals surface area contributed by atoms with Crippen molar-refractivity contribution in [3.05, 3.63) is 34.7 Å². The summed E-state index contributed by atoms with van der Waals surface area (Å²) in [6.45, 7) is 0. The van der Waals surface area contributed by atoms with E-state index in [1.54, 1.807) is 18.2 Å². The zero-order valence-electron chi connectivity index (χ0n) is 6.16. The van der Waals surface area contributed by atoms with Gasteiger partial charge in [-0.2, -0.15) is 0 Å². The zero-order valence-corrected chi connectivity index (χ0v) is 6.91. The van der Waals surface area contributed by atoms with Crippen LogP contribution >= 0.6 is 11.6 Å². The Morgan fingerprint density at radius 1 is 1.50 bits per heavy atom. The molecule has 0 spiro atoms. The van der Waals surface area contributed by atoms with E-state index in [9.17, 15) is 9.70 Å². The standard InChI is InChI=1S/C8H6ClNO2/c9-8(11)5-6-2-1-3-7(4-6)10-12/h1-4H,5H2. The summed E-state index contributed by atoms with van der Waals surface area (Å²) in [5, 5.41) is 2.29. The Morgan fingerprint density at radius 2 is 2.25 bits per heavy atom. The molecule has 0 unspecified atom stereocenters. The average molecular weight is 184 g/mol. The van der Waals surface area contributed by atoms with Crippen molar-refractivity contribution in [2.24, 2.45) is 5.18 Å². The number of nitroso groups, excluding NO2 is 1. The van der Waals surface area contributed by atoms with Gasteiger partial charge in [-0.1, -0.05) is 12.1 Å². The molecule has 0 radical (unpaired) electrons. The highest BCUT2D eigenvalue weighted by Crippen LogP contribution is 2.14. The van der Waals surface area contributed by atoms with Gasteiger partial charge in [-0.05, 0) is 34.5 Å². The lowest BCUT2D eigenvalue weighted by Crippen LogP contribution is -1.91. The smallest absolute Gasteiger partial charge is 0.226 e. The second-order valence-corrected chi connectivity index (χ2v) is 2.71. The molecule has 0 bridgehead atoms. The lowest BCUT2D eigenvalue weighted by molar-refractivity contribution is -0.111. The third-order valence-electron chi connectivity index (χ3n) is 1.36. The SMILES string of the molecule is O=Nc1cccc(CC(=O)Cl)c1. The van der Waals surface area contributed by atoms with Crippen LogP contribution in [-0.4, -0.2) is 5.24 Å². The van der Waals surface area contributed by atoms with E-state index in [0.717, 1.165) is 0 Å². The van der Waals surface area contributed by atoms with Gasteiger partial charge >= 0.3 is 0 Å². The summed E-state index contributed by atoms with van der Waals surface area (Å²) in [5.41, 5.74) is 1.01. The quantitative estimate of drug-likeness (QED) is 0.534. The molecule has 0 aliphatic rings. The van der Waals surface area contributed by atoms with Gasteiger partial charge in [0, 0.05) is 6.42 Å². The summed E-state index contributed by atoms with van der Waals surface area (Å²) >= 11 is 5.16. The van der Waals surface area contributed by atoms with E-state index in [2.05, 4.69) is 5.18 Å². The minimum absolute atomic E-state index is 0.130. The highest BCUT2D eigenvalue weighted by molar-refractivity contribution is 6.63. The number of rotatable bonds is 3. The van der Waals surface area contributed by atoms with Crippen molar-refractivity contribution in [3.8, 4) is 0 Å². The molecular weight excluding hydrogens is 178 g/mol. The maximum Gasteiger partial charge on any atom is 0.226 e. The molecule has 0 atom stereocenters. The molecule has 0 aliphatic heterocycles. The Balaban J connectivity index is 2.86. The molecule has 1 aromatic rings. The number of benzene rings is 1. The molecule has 0 heterocycles. The molecule has 0 saturated heterocycles. The first-order valence-electron chi connectivity index (χ1n) is 3.33. The first-order valence-corrected chi connectivity index (χ1v) is 3.71. The predicted octanol–water partition coefficient (Wildman–Crippen LogP) is 2.39. The molecule has 1 rings (SSSR count). The summed E-state index contributed by atoms with van der Waals surface area (Å²) in [4.78, 5) is 20.5. The molecule has 12 heavy (non-hydrogen) atoms. The van der Waals surface area contributed by atoms with Crippen LogP contribution in [0, 0.1) is 4.91 Å². The zero-order chi connectivity index (χ0) is 8.97. The fraction of sp³-hybridized carbons (Fsp3) is 0.125. The van der Waals surface area contributed by atoms with E-state index in [0.29, 0.717) is 11.3 Å². The van der Waals surface area contributed by atoms with Gasteiger partial charge in [-0.15, -0.1) is 4.91 Å². The van der Waals surface area contributed by atoms with Gasteiger partial charge in [-0.25, -0.2) is 0 Å². The molecule has 4 heteroatoms. The first-order chi connectivity index (χ1) is 5.72. The molecular formula is C8H6ClNO2. The fourth-order valence-electron chi connectivity index (χ4n) is 0.884. The van der Waals surface area contributed by atoms with Crippen molar-refractivity contribution in [1.29, 1.82) is 0 Å². The van der Waals surface area contributed by atoms with Crippen LogP contribution in [0.15, 0.2) is 29.4 Å². The summed E-state index contributed by atoms with van der Waals surface area (Å²) < 4.78 is 0. The number of hydrogen-bond donors (Lipinski definition) is 0. The molecule has 3 nitrogen and oxygen atoms in total. The second kappa shape index (κ2) is 3.97. The van der Waals surface area contributed by atoms with Crippen LogP contribution in [0.25, 0.3) is 0 Å². The predicted molar refractivity (Wildman–Crippen MR) is 46.5 cm³/mol. The van der Waals surface area contributed by atoms with Crippen LogP contribution < -0.4 is 0 Å². The third-order valence-corrected chi connectivity index (χ3v) is 1.49. The minimum Gasteiger partial charge on any atom is -0.281 e. The van der Waals surface area contributed by atoms with E-state index < -0.39 is 5.24 Å². The Bertz CT molecular complexity index is 312. The van der Waals surface area contributed by atoms with Gasteiger partial charge in [0.05, 0.1) is 0 Å². The molecule has 0 fully saturated rings. The van der Waals surface area contributed by atoms with Crippen molar-refractivity contribution in [1.82, 2.24) is 0 Å². The van der Waals surface area contributed by atoms with E-state index in [4.69, 9.17) is 11.6 Å². The topological polar surface area (TPSA) is 46.5 Å². The Hall–Kier alpha value is -1.22. The summed E-state index contributed by atoms with van der Waals surface area (Å²) in [6, 6.07) is 6.48. The fourth-order valence-corrected chi connectivity index (χ4v) is 1.04. The molecule has 0 N–H and O–H groups in total. The van der Waals surface area contributed by atoms with Gasteiger partial charge < -0.3 is 0 Å². The van der Waals surface area contributed by atoms with Crippen molar-refractivity contribution in [3.63, 3.8) is 0 Å². The van der Waals surface area contributed by atoms with E-state index in [-0.39, 0.29) is 6.42 Å². The van der Waals surface area contributed by atoms with Crippen LogP contribution in [0.2, 0.25) is 0 Å². The van der Waals surface area contributed by atoms with E-state index >= 15 is 0 Å². The van der Waals surface area contributed by atoms with Gasteiger partial charge in [-0.3, -0.25) is 4.79 Å². The van der Waals surface area contributed by atoms with Gasteiger partial charge in [0.2, 0.25) is 5.24 Å². The largest absolute Gasteiger partial charge is 0.281 e. The minimum atomic E-state index is -0.446. The summed E-state index contributed by atoms with van der Waals surface area (Å²) in [6.07, 6.45) is 0.130. The molecule has 0 aromatic heterocycles. The van der Waals surface area contributed by atoms with E-state index in [1.165, 1.54) is 6.07 Å². The Kier molecular flexibility index (Phi) is 2.94. The third kappa shape index (κ3) is 2.43. The summed E-state index contributed by atoms with van der Waals surface area (Å²) in [7, 11) is 0. The van der Waals surface area contributed by atoms with Crippen LogP contribution in [-0.2, 0) is 11.2 Å². The first kappa shape index (κ1) is 8.87. The van der Waals surface area contributed by atoms with Crippen molar-refractivity contribution >= 4 is 22.5 Å². The van der Waals surface area contributed by atoms with Gasteiger partial charge in [0.15, 0.2) is 0 Å². The van der Waals surface area contributed by atoms with Crippen LogP contribution in [0.5, 0.6) is 0 Å². The molecule has 1 aromatic carbocycles. The highest BCUT2D eigenvalue weighted by atomic mass is 35.5. The van der Waals surface area contributed by atoms with Crippen LogP contribution in [0.1, 0.15) is 5.56 Å². The van der Waals surface area contributed by atoms with Gasteiger partial charge in [0.1, 0.15) is 5.69 Å². The lowest BCUT2D eigenvalue weighted by Gasteiger charge is -1.95. The maximum atomic E-state index is 10.5. The van der Waals surface area contributed by atoms with Crippen LogP contribution in [0.4, 0.5) is 5.69 Å². The number of nitrogens with zero attached hydrogens (tertiary/aromatic N) is 1. The normalized spacial score (nSPS) is 9.42. The highest BCUT2D eigenvalue weighted by Gasteiger charge is 2.00. The van der Waals surface area contributed by atoms with E-state index in [1.807, 2.05) is 0 Å². The second-order valence-electron chi connectivity index (χ2n) is 2.29. The molecule has 0 aliphatic carbocycles. The Morgan fingerprint density at radius 3 is 2.83 bits per heavy atom. The number of carbonyl (C=O) groups is 1. The molecule has 62 valence electrons. The Labute approximate surface area is 74.3 Å². The number of hydrogen-bond acceptors (Lipinski definition) is 3. The number of carbonyl (C=O) groups excluding carboxylic acids is 1. The van der Waals surface area contributed by atoms with Crippen molar-refractivity contribution in [2.45, 2.75) is 6.42 Å².